The van der Waals surface area contributed by atoms with E-state index < -0.39 is 12.1 Å². The third-order valence-electron chi connectivity index (χ3n) is 10.1. The Hall–Kier alpha value is -4.19. The Bertz CT molecular complexity index is 1370. The standard InChI is InChI=1S/C57H90O6/c1-4-7-10-13-16-19-22-25-26-27-28-29-30-33-35-38-41-44-47-50-56(59)62-53-54(63-57(60)51-48-45-42-39-36-32-24-21-18-15-12-9-6-3)52-61-55(58)49-46-43-40-37-34-31-23-20-17-14-11-8-5-2/h7,10,13,16,19,22,25-36,42,45,54H,4-6,8-9,11-12,14-15,17-18,20-21,23-24,37-41,43-44,46-53H2,1-3H3/b10-7+,16-13+,22-19+,26-25+,28-27+,30-29+,34-31+,35-33+,36-32+,45-42+. The van der Waals surface area contributed by atoms with Crippen molar-refractivity contribution >= 4 is 17.9 Å². The number of allylic oxidation sites excluding steroid dienone is 20. The Morgan fingerprint density at radius 1 is 0.349 bits per heavy atom. The van der Waals surface area contributed by atoms with Crippen molar-refractivity contribution in [1.29, 1.82) is 0 Å². The second kappa shape index (κ2) is 50.5. The lowest BCUT2D eigenvalue weighted by atomic mass is 10.1. The molecule has 0 aromatic rings. The fraction of sp³-hybridized carbons (Fsp3) is 0.596. The van der Waals surface area contributed by atoms with Crippen LogP contribution in [0.15, 0.2) is 122 Å². The van der Waals surface area contributed by atoms with Gasteiger partial charge in [0.25, 0.3) is 0 Å². The van der Waals surface area contributed by atoms with E-state index >= 15 is 0 Å². The van der Waals surface area contributed by atoms with Crippen molar-refractivity contribution in [3.8, 4) is 0 Å². The summed E-state index contributed by atoms with van der Waals surface area (Å²) in [6.45, 7) is 6.35. The molecule has 0 amide bonds. The number of hydrogen-bond donors (Lipinski definition) is 0. The molecule has 0 aromatic heterocycles. The summed E-state index contributed by atoms with van der Waals surface area (Å²) >= 11 is 0. The predicted molar refractivity (Wildman–Crippen MR) is 269 cm³/mol. The van der Waals surface area contributed by atoms with Gasteiger partial charge in [-0.25, -0.2) is 0 Å². The Labute approximate surface area is 386 Å². The molecule has 0 aliphatic rings. The highest BCUT2D eigenvalue weighted by Gasteiger charge is 2.19. The number of carbonyl (C=O) groups excluding carboxylic acids is 3. The Balaban J connectivity index is 4.59. The van der Waals surface area contributed by atoms with Gasteiger partial charge in [0.2, 0.25) is 0 Å². The van der Waals surface area contributed by atoms with Gasteiger partial charge in [-0.1, -0.05) is 219 Å². The molecule has 0 spiro atoms. The van der Waals surface area contributed by atoms with Gasteiger partial charge in [0.15, 0.2) is 6.10 Å². The van der Waals surface area contributed by atoms with E-state index in [1.165, 1.54) is 77.0 Å². The highest BCUT2D eigenvalue weighted by atomic mass is 16.6. The minimum absolute atomic E-state index is 0.127. The monoisotopic (exact) mass is 871 g/mol. The molecule has 354 valence electrons. The molecular weight excluding hydrogens is 781 g/mol. The summed E-state index contributed by atoms with van der Waals surface area (Å²) in [5.74, 6) is -1.07. The lowest BCUT2D eigenvalue weighted by Crippen LogP contribution is -2.30. The molecule has 0 saturated heterocycles. The van der Waals surface area contributed by atoms with Crippen LogP contribution in [0.25, 0.3) is 0 Å². The van der Waals surface area contributed by atoms with Gasteiger partial charge in [-0.05, 0) is 83.5 Å². The van der Waals surface area contributed by atoms with E-state index in [0.29, 0.717) is 19.3 Å². The van der Waals surface area contributed by atoms with Crippen LogP contribution in [0.2, 0.25) is 0 Å². The second-order valence-corrected chi connectivity index (χ2v) is 16.2. The summed E-state index contributed by atoms with van der Waals surface area (Å²) in [4.78, 5) is 37.9. The van der Waals surface area contributed by atoms with E-state index in [9.17, 15) is 14.4 Å². The van der Waals surface area contributed by atoms with Crippen molar-refractivity contribution in [1.82, 2.24) is 0 Å². The molecule has 0 radical (unpaired) electrons. The first-order valence-electron chi connectivity index (χ1n) is 25.1. The maximum atomic E-state index is 12.7. The van der Waals surface area contributed by atoms with Gasteiger partial charge in [-0.15, -0.1) is 0 Å². The van der Waals surface area contributed by atoms with Crippen LogP contribution in [-0.2, 0) is 28.6 Å². The minimum atomic E-state index is -0.836. The van der Waals surface area contributed by atoms with Gasteiger partial charge >= 0.3 is 17.9 Å². The maximum Gasteiger partial charge on any atom is 0.306 e. The molecule has 0 aliphatic carbocycles. The van der Waals surface area contributed by atoms with Crippen molar-refractivity contribution < 1.29 is 28.6 Å². The quantitative estimate of drug-likeness (QED) is 0.0200. The third-order valence-corrected chi connectivity index (χ3v) is 10.1. The molecule has 6 nitrogen and oxygen atoms in total. The molecule has 0 rings (SSSR count). The normalized spacial score (nSPS) is 13.1. The molecule has 0 N–H and O–H groups in total. The molecule has 0 saturated carbocycles. The van der Waals surface area contributed by atoms with E-state index in [1.807, 2.05) is 79.0 Å². The van der Waals surface area contributed by atoms with E-state index in [0.717, 1.165) is 70.6 Å². The zero-order chi connectivity index (χ0) is 45.8. The SMILES string of the molecule is CC/C=C/C=C/C=C/C=C/C=C/C=C/C=C/CCCCCC(=O)OCC(COC(=O)CCCCC/C=C/CCCCCCCC)OC(=O)CC/C=C/C/C=C/CCCCCCCC. The molecule has 1 atom stereocenters. The number of unbranched alkanes of at least 4 members (excludes halogenated alkanes) is 18. The molecule has 0 heterocycles. The van der Waals surface area contributed by atoms with Crippen LogP contribution in [0.3, 0.4) is 0 Å². The van der Waals surface area contributed by atoms with Crippen molar-refractivity contribution in [3.63, 3.8) is 0 Å². The number of hydrogen-bond acceptors (Lipinski definition) is 6. The van der Waals surface area contributed by atoms with Gasteiger partial charge in [0.1, 0.15) is 13.2 Å². The van der Waals surface area contributed by atoms with Crippen molar-refractivity contribution in [2.45, 2.75) is 207 Å². The fourth-order valence-corrected chi connectivity index (χ4v) is 6.35. The Morgan fingerprint density at radius 3 is 1.17 bits per heavy atom. The minimum Gasteiger partial charge on any atom is -0.462 e. The van der Waals surface area contributed by atoms with Gasteiger partial charge < -0.3 is 14.2 Å². The van der Waals surface area contributed by atoms with E-state index in [-0.39, 0.29) is 38.0 Å². The van der Waals surface area contributed by atoms with Gasteiger partial charge in [-0.2, -0.15) is 0 Å². The molecule has 0 bridgehead atoms. The zero-order valence-corrected chi connectivity index (χ0v) is 40.3. The first kappa shape index (κ1) is 58.8. The summed E-state index contributed by atoms with van der Waals surface area (Å²) in [7, 11) is 0. The Morgan fingerprint density at radius 2 is 0.714 bits per heavy atom. The number of esters is 3. The first-order chi connectivity index (χ1) is 31.0. The molecule has 6 heteroatoms. The smallest absolute Gasteiger partial charge is 0.306 e. The average Bonchev–Trinajstić information content (AvgIpc) is 3.28. The highest BCUT2D eigenvalue weighted by Crippen LogP contribution is 2.12. The summed E-state index contributed by atoms with van der Waals surface area (Å²) < 4.78 is 16.7. The van der Waals surface area contributed by atoms with Crippen molar-refractivity contribution in [2.24, 2.45) is 0 Å². The topological polar surface area (TPSA) is 78.9 Å². The third kappa shape index (κ3) is 48.7. The molecule has 0 aliphatic heterocycles. The number of rotatable bonds is 43. The van der Waals surface area contributed by atoms with Crippen LogP contribution in [0.5, 0.6) is 0 Å². The zero-order valence-electron chi connectivity index (χ0n) is 40.3. The van der Waals surface area contributed by atoms with Crippen LogP contribution in [-0.4, -0.2) is 37.2 Å². The van der Waals surface area contributed by atoms with Gasteiger partial charge in [-0.3, -0.25) is 14.4 Å². The van der Waals surface area contributed by atoms with E-state index in [1.54, 1.807) is 0 Å². The van der Waals surface area contributed by atoms with Crippen LogP contribution < -0.4 is 0 Å². The summed E-state index contributed by atoms with van der Waals surface area (Å²) in [6.07, 6.45) is 69.0. The Kier molecular flexibility index (Phi) is 47.1. The van der Waals surface area contributed by atoms with Crippen LogP contribution in [0.1, 0.15) is 201 Å². The first-order valence-corrected chi connectivity index (χ1v) is 25.1. The summed E-state index contributed by atoms with van der Waals surface area (Å²) in [5.41, 5.74) is 0. The van der Waals surface area contributed by atoms with Crippen molar-refractivity contribution in [2.75, 3.05) is 13.2 Å². The van der Waals surface area contributed by atoms with E-state index in [2.05, 4.69) is 63.3 Å². The van der Waals surface area contributed by atoms with Crippen LogP contribution in [0, 0.1) is 0 Å². The predicted octanol–water partition coefficient (Wildman–Crippen LogP) is 16.5. The van der Waals surface area contributed by atoms with Gasteiger partial charge in [0, 0.05) is 19.3 Å². The largest absolute Gasteiger partial charge is 0.462 e. The lowest BCUT2D eigenvalue weighted by molar-refractivity contribution is -0.166. The summed E-state index contributed by atoms with van der Waals surface area (Å²) in [5, 5.41) is 0. The molecule has 0 aromatic carbocycles. The fourth-order valence-electron chi connectivity index (χ4n) is 6.35. The van der Waals surface area contributed by atoms with E-state index in [4.69, 9.17) is 14.2 Å². The highest BCUT2D eigenvalue weighted by molar-refractivity contribution is 5.71. The van der Waals surface area contributed by atoms with Gasteiger partial charge in [0.05, 0.1) is 0 Å². The van der Waals surface area contributed by atoms with Crippen LogP contribution in [0.4, 0.5) is 0 Å². The number of carbonyl (C=O) groups is 3. The van der Waals surface area contributed by atoms with Crippen molar-refractivity contribution in [3.05, 3.63) is 122 Å². The number of ether oxygens (including phenoxy) is 3. The molecule has 63 heavy (non-hydrogen) atoms. The molecule has 0 fully saturated rings. The molecular formula is C57H90O6. The van der Waals surface area contributed by atoms with Crippen LogP contribution >= 0.6 is 0 Å². The maximum absolute atomic E-state index is 12.7. The lowest BCUT2D eigenvalue weighted by Gasteiger charge is -2.18. The average molecular weight is 871 g/mol. The summed E-state index contributed by atoms with van der Waals surface area (Å²) in [6, 6.07) is 0. The molecule has 1 unspecified atom stereocenters. The second-order valence-electron chi connectivity index (χ2n) is 16.2.